The molecule has 0 atom stereocenters. The molecule has 1 N–H and O–H groups in total. The van der Waals surface area contributed by atoms with Crippen molar-refractivity contribution in [2.45, 2.75) is 19.2 Å². The van der Waals surface area contributed by atoms with Crippen molar-refractivity contribution in [1.29, 1.82) is 0 Å². The Morgan fingerprint density at radius 2 is 1.85 bits per heavy atom. The first-order valence-corrected chi connectivity index (χ1v) is 10.2. The van der Waals surface area contributed by atoms with Crippen molar-refractivity contribution >= 4 is 45.2 Å². The summed E-state index contributed by atoms with van der Waals surface area (Å²) in [6, 6.07) is 20.4. The van der Waals surface area contributed by atoms with E-state index in [0.29, 0.717) is 5.75 Å². The van der Waals surface area contributed by atoms with E-state index >= 15 is 0 Å². The van der Waals surface area contributed by atoms with Crippen molar-refractivity contribution < 1.29 is 4.79 Å². The molecule has 1 amide bonds. The predicted octanol–water partition coefficient (Wildman–Crippen LogP) is 5.08. The first-order valence-electron chi connectivity index (χ1n) is 9.04. The summed E-state index contributed by atoms with van der Waals surface area (Å²) in [4.78, 5) is 16.6. The molecular weight excluding hydrogens is 354 g/mol. The largest absolute Gasteiger partial charge is 0.341 e. The highest BCUT2D eigenvalue weighted by molar-refractivity contribution is 7.99. The SMILES string of the molecule is CCn1c2ccccc2c2cc(NC(=O)CSCc3ccccn3)ccc21. The molecule has 0 aliphatic heterocycles. The van der Waals surface area contributed by atoms with Gasteiger partial charge in [-0.05, 0) is 43.3 Å². The number of carbonyl (C=O) groups excluding carboxylic acids is 1. The number of anilines is 1. The van der Waals surface area contributed by atoms with E-state index in [4.69, 9.17) is 0 Å². The number of nitrogens with zero attached hydrogens (tertiary/aromatic N) is 2. The van der Waals surface area contributed by atoms with Gasteiger partial charge in [0.15, 0.2) is 0 Å². The number of fused-ring (bicyclic) bond motifs is 3. The summed E-state index contributed by atoms with van der Waals surface area (Å²) in [6.45, 7) is 3.07. The molecular formula is C22H21N3OS. The minimum atomic E-state index is 0.00881. The molecule has 2 heterocycles. The lowest BCUT2D eigenvalue weighted by atomic mass is 10.1. The lowest BCUT2D eigenvalue weighted by Gasteiger charge is -2.07. The topological polar surface area (TPSA) is 46.9 Å². The lowest BCUT2D eigenvalue weighted by molar-refractivity contribution is -0.113. The van der Waals surface area contributed by atoms with Gasteiger partial charge in [0, 0.05) is 46.0 Å². The van der Waals surface area contributed by atoms with Gasteiger partial charge in [-0.25, -0.2) is 0 Å². The summed E-state index contributed by atoms with van der Waals surface area (Å²) in [5, 5.41) is 5.41. The molecule has 4 nitrogen and oxygen atoms in total. The van der Waals surface area contributed by atoms with Gasteiger partial charge < -0.3 is 9.88 Å². The predicted molar refractivity (Wildman–Crippen MR) is 114 cm³/mol. The van der Waals surface area contributed by atoms with Gasteiger partial charge >= 0.3 is 0 Å². The van der Waals surface area contributed by atoms with Gasteiger partial charge in [-0.3, -0.25) is 9.78 Å². The second kappa shape index (κ2) is 7.84. The van der Waals surface area contributed by atoms with Crippen LogP contribution in [0, 0.1) is 0 Å². The molecule has 0 aliphatic rings. The number of aryl methyl sites for hydroxylation is 1. The molecule has 5 heteroatoms. The van der Waals surface area contributed by atoms with Crippen LogP contribution in [0.15, 0.2) is 66.9 Å². The fraction of sp³-hybridized carbons (Fsp3) is 0.182. The van der Waals surface area contributed by atoms with E-state index in [0.717, 1.165) is 23.7 Å². The Morgan fingerprint density at radius 1 is 1.04 bits per heavy atom. The van der Waals surface area contributed by atoms with Crippen LogP contribution in [0.5, 0.6) is 0 Å². The molecule has 0 fully saturated rings. The normalized spacial score (nSPS) is 11.1. The van der Waals surface area contributed by atoms with Gasteiger partial charge in [-0.1, -0.05) is 24.3 Å². The third-order valence-electron chi connectivity index (χ3n) is 4.58. The number of pyridine rings is 1. The fourth-order valence-corrected chi connectivity index (χ4v) is 4.14. The van der Waals surface area contributed by atoms with Crippen molar-refractivity contribution in [1.82, 2.24) is 9.55 Å². The Balaban J connectivity index is 1.49. The Morgan fingerprint density at radius 3 is 2.67 bits per heavy atom. The van der Waals surface area contributed by atoms with E-state index in [-0.39, 0.29) is 5.91 Å². The first-order chi connectivity index (χ1) is 13.3. The Labute approximate surface area is 162 Å². The molecule has 0 bridgehead atoms. The van der Waals surface area contributed by atoms with Crippen LogP contribution in [0.4, 0.5) is 5.69 Å². The van der Waals surface area contributed by atoms with E-state index in [1.54, 1.807) is 18.0 Å². The number of nitrogens with one attached hydrogen (secondary N) is 1. The zero-order valence-corrected chi connectivity index (χ0v) is 16.0. The van der Waals surface area contributed by atoms with E-state index in [1.165, 1.54) is 21.8 Å². The maximum atomic E-state index is 12.3. The molecule has 4 aromatic rings. The average Bonchev–Trinajstić information content (AvgIpc) is 3.02. The molecule has 27 heavy (non-hydrogen) atoms. The quantitative estimate of drug-likeness (QED) is 0.511. The van der Waals surface area contributed by atoms with Crippen LogP contribution >= 0.6 is 11.8 Å². The van der Waals surface area contributed by atoms with Crippen LogP contribution in [-0.4, -0.2) is 21.2 Å². The third-order valence-corrected chi connectivity index (χ3v) is 5.55. The minimum Gasteiger partial charge on any atom is -0.341 e. The highest BCUT2D eigenvalue weighted by Gasteiger charge is 2.11. The smallest absolute Gasteiger partial charge is 0.234 e. The number of hydrogen-bond acceptors (Lipinski definition) is 3. The highest BCUT2D eigenvalue weighted by atomic mass is 32.2. The summed E-state index contributed by atoms with van der Waals surface area (Å²) in [7, 11) is 0. The number of aromatic nitrogens is 2. The van der Waals surface area contributed by atoms with Gasteiger partial charge in [0.1, 0.15) is 0 Å². The lowest BCUT2D eigenvalue weighted by Crippen LogP contribution is -2.14. The molecule has 0 radical (unpaired) electrons. The minimum absolute atomic E-state index is 0.00881. The Bertz CT molecular complexity index is 1090. The second-order valence-electron chi connectivity index (χ2n) is 6.36. The van der Waals surface area contributed by atoms with Gasteiger partial charge in [-0.2, -0.15) is 0 Å². The van der Waals surface area contributed by atoms with Crippen LogP contribution < -0.4 is 5.32 Å². The molecule has 2 aromatic heterocycles. The molecule has 136 valence electrons. The standard InChI is InChI=1S/C22H21N3OS/c1-2-25-20-9-4-3-8-18(20)19-13-16(10-11-21(19)25)24-22(26)15-27-14-17-7-5-6-12-23-17/h3-13H,2,14-15H2,1H3,(H,24,26). The fourth-order valence-electron chi connectivity index (χ4n) is 3.40. The van der Waals surface area contributed by atoms with Crippen molar-refractivity contribution in [3.8, 4) is 0 Å². The van der Waals surface area contributed by atoms with E-state index in [2.05, 4.69) is 58.2 Å². The van der Waals surface area contributed by atoms with Crippen molar-refractivity contribution in [3.63, 3.8) is 0 Å². The summed E-state index contributed by atoms with van der Waals surface area (Å²) < 4.78 is 2.30. The Hall–Kier alpha value is -2.79. The van der Waals surface area contributed by atoms with Crippen molar-refractivity contribution in [3.05, 3.63) is 72.6 Å². The van der Waals surface area contributed by atoms with Crippen LogP contribution in [-0.2, 0) is 17.1 Å². The molecule has 0 unspecified atom stereocenters. The van der Waals surface area contributed by atoms with E-state index in [9.17, 15) is 4.79 Å². The van der Waals surface area contributed by atoms with Crippen molar-refractivity contribution in [2.24, 2.45) is 0 Å². The maximum Gasteiger partial charge on any atom is 0.234 e. The zero-order chi connectivity index (χ0) is 18.6. The number of hydrogen-bond donors (Lipinski definition) is 1. The summed E-state index contributed by atoms with van der Waals surface area (Å²) >= 11 is 1.57. The summed E-state index contributed by atoms with van der Waals surface area (Å²) in [5.41, 5.74) is 4.25. The molecule has 0 spiro atoms. The number of carbonyl (C=O) groups is 1. The summed E-state index contributed by atoms with van der Waals surface area (Å²) in [6.07, 6.45) is 1.78. The van der Waals surface area contributed by atoms with Crippen LogP contribution in [0.2, 0.25) is 0 Å². The Kier molecular flexibility index (Phi) is 5.12. The van der Waals surface area contributed by atoms with E-state index < -0.39 is 0 Å². The third kappa shape index (κ3) is 3.69. The number of benzene rings is 2. The number of para-hydroxylation sites is 1. The molecule has 0 saturated carbocycles. The zero-order valence-electron chi connectivity index (χ0n) is 15.2. The number of thioether (sulfide) groups is 1. The first kappa shape index (κ1) is 17.6. The van der Waals surface area contributed by atoms with Crippen LogP contribution in [0.25, 0.3) is 21.8 Å². The van der Waals surface area contributed by atoms with Gasteiger partial charge in [0.2, 0.25) is 5.91 Å². The maximum absolute atomic E-state index is 12.3. The van der Waals surface area contributed by atoms with E-state index in [1.807, 2.05) is 24.3 Å². The molecule has 4 rings (SSSR count). The number of rotatable bonds is 6. The van der Waals surface area contributed by atoms with Gasteiger partial charge in [-0.15, -0.1) is 11.8 Å². The highest BCUT2D eigenvalue weighted by Crippen LogP contribution is 2.31. The van der Waals surface area contributed by atoms with Gasteiger partial charge in [0.25, 0.3) is 0 Å². The monoisotopic (exact) mass is 375 g/mol. The van der Waals surface area contributed by atoms with Crippen molar-refractivity contribution in [2.75, 3.05) is 11.1 Å². The van der Waals surface area contributed by atoms with Crippen LogP contribution in [0.3, 0.4) is 0 Å². The van der Waals surface area contributed by atoms with Crippen LogP contribution in [0.1, 0.15) is 12.6 Å². The van der Waals surface area contributed by atoms with Gasteiger partial charge in [0.05, 0.1) is 11.4 Å². The average molecular weight is 375 g/mol. The molecule has 2 aromatic carbocycles. The second-order valence-corrected chi connectivity index (χ2v) is 7.34. The number of amides is 1. The molecule has 0 saturated heterocycles. The molecule has 0 aliphatic carbocycles. The summed E-state index contributed by atoms with van der Waals surface area (Å²) in [5.74, 6) is 1.15.